The number of nitrogens with one attached hydrogen (secondary N) is 1. The van der Waals surface area contributed by atoms with Crippen molar-refractivity contribution in [3.63, 3.8) is 0 Å². The Morgan fingerprint density at radius 1 is 0.889 bits per heavy atom. The summed E-state index contributed by atoms with van der Waals surface area (Å²) in [4.78, 5) is 21.4. The second-order valence-corrected chi connectivity index (χ2v) is 12.8. The fourth-order valence-electron chi connectivity index (χ4n) is 7.82. The van der Waals surface area contributed by atoms with Crippen molar-refractivity contribution in [3.8, 4) is 22.9 Å². The fourth-order valence-corrected chi connectivity index (χ4v) is 7.82. The molecule has 10 nitrogen and oxygen atoms in total. The molecule has 6 aromatic rings. The van der Waals surface area contributed by atoms with E-state index < -0.39 is 0 Å². The van der Waals surface area contributed by atoms with Crippen LogP contribution in [0.2, 0.25) is 0 Å². The molecular formula is C35H34N10. The van der Waals surface area contributed by atoms with Crippen molar-refractivity contribution in [1.82, 2.24) is 39.6 Å². The Labute approximate surface area is 261 Å². The maximum absolute atomic E-state index is 6.37. The van der Waals surface area contributed by atoms with Crippen LogP contribution in [0.15, 0.2) is 91.5 Å². The number of anilines is 2. The number of nitrogen functional groups attached to an aromatic ring is 1. The van der Waals surface area contributed by atoms with Crippen molar-refractivity contribution in [2.45, 2.75) is 44.2 Å². The third-order valence-corrected chi connectivity index (χ3v) is 9.98. The van der Waals surface area contributed by atoms with E-state index in [2.05, 4.69) is 60.2 Å². The minimum absolute atomic E-state index is 0.377. The average molecular weight is 595 g/mol. The second-order valence-electron chi connectivity index (χ2n) is 12.8. The van der Waals surface area contributed by atoms with E-state index in [1.807, 2.05) is 48.8 Å². The molecule has 1 aromatic carbocycles. The van der Waals surface area contributed by atoms with Crippen molar-refractivity contribution in [1.29, 1.82) is 0 Å². The fraction of sp³-hybridized carbons (Fsp3) is 0.286. The quantitative estimate of drug-likeness (QED) is 0.268. The van der Waals surface area contributed by atoms with Crippen molar-refractivity contribution >= 4 is 22.8 Å². The number of nitrogens with zero attached hydrogens (tertiary/aromatic N) is 8. The first-order valence-electron chi connectivity index (χ1n) is 15.8. The summed E-state index contributed by atoms with van der Waals surface area (Å²) in [6.07, 6.45) is 13.1. The first-order chi connectivity index (χ1) is 22.1. The van der Waals surface area contributed by atoms with Gasteiger partial charge in [-0.15, -0.1) is 0 Å². The van der Waals surface area contributed by atoms with Crippen LogP contribution in [0, 0.1) is 5.41 Å². The van der Waals surface area contributed by atoms with Gasteiger partial charge in [-0.3, -0.25) is 4.57 Å². The lowest BCUT2D eigenvalue weighted by Gasteiger charge is -2.46. The van der Waals surface area contributed by atoms with Crippen LogP contribution in [-0.2, 0) is 6.42 Å². The monoisotopic (exact) mass is 594 g/mol. The maximum Gasteiger partial charge on any atom is 0.167 e. The molecule has 45 heavy (non-hydrogen) atoms. The van der Waals surface area contributed by atoms with Crippen LogP contribution in [-0.4, -0.2) is 53.4 Å². The van der Waals surface area contributed by atoms with Gasteiger partial charge in [-0.2, -0.15) is 5.10 Å². The summed E-state index contributed by atoms with van der Waals surface area (Å²) in [5.41, 5.74) is 12.9. The highest BCUT2D eigenvalue weighted by atomic mass is 15.3. The maximum atomic E-state index is 6.37. The predicted molar refractivity (Wildman–Crippen MR) is 174 cm³/mol. The number of aryl methyl sites for hydroxylation is 1. The summed E-state index contributed by atoms with van der Waals surface area (Å²) in [6, 6.07) is 23.6. The van der Waals surface area contributed by atoms with Crippen LogP contribution in [0.3, 0.4) is 0 Å². The number of fused-ring (bicyclic) bond motifs is 2. The van der Waals surface area contributed by atoms with Crippen molar-refractivity contribution < 1.29 is 0 Å². The number of nitrogens with two attached hydrogens (primary N) is 1. The van der Waals surface area contributed by atoms with E-state index in [0.29, 0.717) is 23.3 Å². The molecule has 2 aliphatic carbocycles. The van der Waals surface area contributed by atoms with E-state index in [4.69, 9.17) is 15.7 Å². The van der Waals surface area contributed by atoms with Crippen LogP contribution in [0.25, 0.3) is 34.1 Å². The van der Waals surface area contributed by atoms with Crippen LogP contribution < -0.4 is 16.0 Å². The lowest BCUT2D eigenvalue weighted by molar-refractivity contribution is 0.0982. The summed E-state index contributed by atoms with van der Waals surface area (Å²) < 4.78 is 3.87. The van der Waals surface area contributed by atoms with Gasteiger partial charge in [0.05, 0.1) is 5.56 Å². The molecule has 1 atom stereocenters. The summed E-state index contributed by atoms with van der Waals surface area (Å²) in [6.45, 7) is 2.22. The molecular weight excluding hydrogens is 560 g/mol. The number of imidazole rings is 1. The van der Waals surface area contributed by atoms with E-state index in [9.17, 15) is 0 Å². The third kappa shape index (κ3) is 4.47. The lowest BCUT2D eigenvalue weighted by atomic mass is 9.64. The number of pyridine rings is 3. The minimum atomic E-state index is 0.377. The number of aromatic nitrogens is 7. The number of hydrogen-bond donors (Lipinski definition) is 2. The van der Waals surface area contributed by atoms with Crippen molar-refractivity contribution in [2.24, 2.45) is 5.41 Å². The molecule has 1 spiro atoms. The SMILES string of the molecule is Nc1ncccc1-c1nc2ccc(-n3cccn3)nc2n1-c1ccc2c(c1)CCC2NC1CC2(CCN(c3ccccn3)C2)C1. The van der Waals surface area contributed by atoms with E-state index >= 15 is 0 Å². The highest BCUT2D eigenvalue weighted by Crippen LogP contribution is 2.50. The Hall–Kier alpha value is -5.09. The molecule has 0 bridgehead atoms. The van der Waals surface area contributed by atoms with Gasteiger partial charge in [0.1, 0.15) is 17.2 Å². The Kier molecular flexibility index (Phi) is 5.99. The van der Waals surface area contributed by atoms with Crippen LogP contribution in [0.5, 0.6) is 0 Å². The van der Waals surface area contributed by atoms with Gasteiger partial charge < -0.3 is 16.0 Å². The number of benzene rings is 1. The largest absolute Gasteiger partial charge is 0.383 e. The molecule has 2 fully saturated rings. The van der Waals surface area contributed by atoms with Crippen LogP contribution in [0.1, 0.15) is 42.9 Å². The lowest BCUT2D eigenvalue weighted by Crippen LogP contribution is -2.50. The van der Waals surface area contributed by atoms with Gasteiger partial charge in [-0.1, -0.05) is 12.1 Å². The van der Waals surface area contributed by atoms with Gasteiger partial charge >= 0.3 is 0 Å². The highest BCUT2D eigenvalue weighted by Gasteiger charge is 2.49. The Balaban J connectivity index is 0.996. The van der Waals surface area contributed by atoms with Crippen molar-refractivity contribution in [3.05, 3.63) is 103 Å². The molecule has 0 amide bonds. The summed E-state index contributed by atoms with van der Waals surface area (Å²) >= 11 is 0. The van der Waals surface area contributed by atoms with Crippen LogP contribution in [0.4, 0.5) is 11.6 Å². The molecule has 5 aromatic heterocycles. The smallest absolute Gasteiger partial charge is 0.167 e. The molecule has 1 aliphatic heterocycles. The molecule has 1 unspecified atom stereocenters. The van der Waals surface area contributed by atoms with Crippen LogP contribution >= 0.6 is 0 Å². The van der Waals surface area contributed by atoms with E-state index in [-0.39, 0.29) is 0 Å². The molecule has 1 saturated heterocycles. The Morgan fingerprint density at radius 2 is 1.82 bits per heavy atom. The molecule has 9 rings (SSSR count). The molecule has 10 heteroatoms. The highest BCUT2D eigenvalue weighted by molar-refractivity contribution is 5.83. The summed E-state index contributed by atoms with van der Waals surface area (Å²) in [7, 11) is 0. The number of hydrogen-bond acceptors (Lipinski definition) is 8. The van der Waals surface area contributed by atoms with E-state index in [1.54, 1.807) is 17.1 Å². The molecule has 224 valence electrons. The summed E-state index contributed by atoms with van der Waals surface area (Å²) in [5, 5.41) is 8.42. The first-order valence-corrected chi connectivity index (χ1v) is 15.8. The zero-order chi connectivity index (χ0) is 30.0. The first kappa shape index (κ1) is 26.3. The second kappa shape index (κ2) is 10.2. The molecule has 6 heterocycles. The molecule has 3 aliphatic rings. The van der Waals surface area contributed by atoms with Gasteiger partial charge in [0.2, 0.25) is 0 Å². The molecule has 1 saturated carbocycles. The predicted octanol–water partition coefficient (Wildman–Crippen LogP) is 5.28. The zero-order valence-corrected chi connectivity index (χ0v) is 24.9. The van der Waals surface area contributed by atoms with E-state index in [0.717, 1.165) is 65.8 Å². The average Bonchev–Trinajstić information content (AvgIpc) is 3.87. The van der Waals surface area contributed by atoms with Gasteiger partial charge in [-0.25, -0.2) is 24.6 Å². The molecule has 0 radical (unpaired) electrons. The molecule has 3 N–H and O–H groups in total. The van der Waals surface area contributed by atoms with Gasteiger partial charge in [0, 0.05) is 55.6 Å². The number of rotatable bonds is 6. The van der Waals surface area contributed by atoms with Gasteiger partial charge in [0.15, 0.2) is 17.3 Å². The summed E-state index contributed by atoms with van der Waals surface area (Å²) in [5.74, 6) is 3.01. The normalized spacial score (nSPS) is 22.3. The topological polar surface area (TPSA) is 116 Å². The standard InChI is InChI=1S/C35H34N10/c36-32-27(5-3-15-38-32)33-41-29-11-12-31(44-17-4-16-39-44)42-34(29)45(33)25-8-9-26-23(19-25)7-10-28(26)40-24-20-35(21-24)13-18-43(22-35)30-6-1-2-14-37-30/h1-6,8-9,11-12,14-17,19,24,28,40H,7,10,13,18,20-22H2,(H2,36,38). The van der Waals surface area contributed by atoms with Crippen molar-refractivity contribution in [2.75, 3.05) is 23.7 Å². The van der Waals surface area contributed by atoms with Gasteiger partial charge in [0.25, 0.3) is 0 Å². The van der Waals surface area contributed by atoms with Gasteiger partial charge in [-0.05, 0) is 103 Å². The zero-order valence-electron chi connectivity index (χ0n) is 24.9. The Bertz CT molecular complexity index is 2010. The minimum Gasteiger partial charge on any atom is -0.383 e. The van der Waals surface area contributed by atoms with E-state index in [1.165, 1.54) is 30.4 Å². The third-order valence-electron chi connectivity index (χ3n) is 9.98. The Morgan fingerprint density at radius 3 is 2.67 bits per heavy atom.